The molecule has 0 saturated carbocycles. The van der Waals surface area contributed by atoms with Crippen molar-refractivity contribution in [3.63, 3.8) is 0 Å². The normalized spacial score (nSPS) is 20.8. The van der Waals surface area contributed by atoms with Crippen molar-refractivity contribution in [3.8, 4) is 0 Å². The summed E-state index contributed by atoms with van der Waals surface area (Å²) in [5.74, 6) is 0. The molecule has 1 aromatic rings. The molecule has 0 aromatic carbocycles. The third kappa shape index (κ3) is 3.46. The van der Waals surface area contributed by atoms with Crippen molar-refractivity contribution in [2.24, 2.45) is 0 Å². The van der Waals surface area contributed by atoms with Crippen LogP contribution in [0.2, 0.25) is 0 Å². The Kier molecular flexibility index (Phi) is 5.40. The number of piperidine rings is 1. The molecule has 7 heteroatoms. The van der Waals surface area contributed by atoms with E-state index < -0.39 is 10.0 Å². The molecule has 1 unspecified atom stereocenters. The summed E-state index contributed by atoms with van der Waals surface area (Å²) in [6.07, 6.45) is 4.00. The number of nitrogens with one attached hydrogen (secondary N) is 2. The second-order valence-corrected chi connectivity index (χ2v) is 7.56. The first-order valence-electron chi connectivity index (χ1n) is 7.72. The van der Waals surface area contributed by atoms with Crippen molar-refractivity contribution in [1.29, 1.82) is 0 Å². The second kappa shape index (κ2) is 6.89. The monoisotopic (exact) mass is 314 g/mol. The molecule has 2 rings (SSSR count). The first-order chi connectivity index (χ1) is 9.98. The Bertz CT molecular complexity index is 548. The summed E-state index contributed by atoms with van der Waals surface area (Å²) in [6, 6.07) is 0.0454. The van der Waals surface area contributed by atoms with Crippen LogP contribution in [-0.2, 0) is 10.0 Å². The minimum Gasteiger partial charge on any atom is -0.315 e. The molecule has 0 radical (unpaired) electrons. The van der Waals surface area contributed by atoms with Gasteiger partial charge in [-0.3, -0.25) is 5.10 Å². The number of nitrogens with zero attached hydrogens (tertiary/aromatic N) is 2. The maximum absolute atomic E-state index is 13.0. The number of rotatable bonds is 6. The predicted molar refractivity (Wildman–Crippen MR) is 82.8 cm³/mol. The molecule has 6 nitrogen and oxygen atoms in total. The van der Waals surface area contributed by atoms with Crippen LogP contribution in [-0.4, -0.2) is 48.6 Å². The van der Waals surface area contributed by atoms with Crippen LogP contribution in [0.1, 0.15) is 44.0 Å². The number of hydrogen-bond acceptors (Lipinski definition) is 4. The molecule has 1 saturated heterocycles. The molecule has 0 spiro atoms. The van der Waals surface area contributed by atoms with Crippen molar-refractivity contribution in [2.45, 2.75) is 57.4 Å². The highest BCUT2D eigenvalue weighted by atomic mass is 32.2. The van der Waals surface area contributed by atoms with Crippen LogP contribution in [0.3, 0.4) is 0 Å². The van der Waals surface area contributed by atoms with Crippen LogP contribution in [0.15, 0.2) is 4.90 Å². The van der Waals surface area contributed by atoms with Gasteiger partial charge in [-0.05, 0) is 39.7 Å². The van der Waals surface area contributed by atoms with E-state index in [1.807, 2.05) is 0 Å². The molecule has 1 fully saturated rings. The Balaban J connectivity index is 2.23. The summed E-state index contributed by atoms with van der Waals surface area (Å²) in [5, 5.41) is 10.2. The SMILES string of the molecule is CCCNCC1CCCCN1S(=O)(=O)c1c(C)n[nH]c1C. The first-order valence-corrected chi connectivity index (χ1v) is 9.16. The summed E-state index contributed by atoms with van der Waals surface area (Å²) >= 11 is 0. The zero-order valence-corrected chi connectivity index (χ0v) is 14.0. The van der Waals surface area contributed by atoms with Crippen LogP contribution in [0.5, 0.6) is 0 Å². The highest BCUT2D eigenvalue weighted by Gasteiger charge is 2.35. The molecule has 0 aliphatic carbocycles. The topological polar surface area (TPSA) is 78.1 Å². The summed E-state index contributed by atoms with van der Waals surface area (Å²) in [7, 11) is -3.47. The molecular formula is C14H26N4O2S. The van der Waals surface area contributed by atoms with Crippen LogP contribution < -0.4 is 5.32 Å². The van der Waals surface area contributed by atoms with E-state index in [9.17, 15) is 8.42 Å². The second-order valence-electron chi connectivity index (χ2n) is 5.73. The number of hydrogen-bond donors (Lipinski definition) is 2. The molecule has 1 aliphatic heterocycles. The molecule has 1 aliphatic rings. The van der Waals surface area contributed by atoms with Gasteiger partial charge in [0.1, 0.15) is 4.90 Å². The smallest absolute Gasteiger partial charge is 0.247 e. The highest BCUT2D eigenvalue weighted by Crippen LogP contribution is 2.27. The van der Waals surface area contributed by atoms with Gasteiger partial charge in [0.25, 0.3) is 0 Å². The zero-order valence-electron chi connectivity index (χ0n) is 13.1. The average molecular weight is 314 g/mol. The molecular weight excluding hydrogens is 288 g/mol. The van der Waals surface area contributed by atoms with Gasteiger partial charge in [0, 0.05) is 19.1 Å². The Labute approximate surface area is 127 Å². The van der Waals surface area contributed by atoms with Gasteiger partial charge >= 0.3 is 0 Å². The van der Waals surface area contributed by atoms with Gasteiger partial charge in [0.15, 0.2) is 0 Å². The Morgan fingerprint density at radius 1 is 1.38 bits per heavy atom. The molecule has 1 aromatic heterocycles. The lowest BCUT2D eigenvalue weighted by Gasteiger charge is -2.34. The molecule has 0 bridgehead atoms. The van der Waals surface area contributed by atoms with E-state index in [1.54, 1.807) is 18.2 Å². The van der Waals surface area contributed by atoms with Gasteiger partial charge in [-0.2, -0.15) is 9.40 Å². The molecule has 1 atom stereocenters. The van der Waals surface area contributed by atoms with Crippen LogP contribution in [0, 0.1) is 13.8 Å². The lowest BCUT2D eigenvalue weighted by atomic mass is 10.1. The summed E-state index contributed by atoms with van der Waals surface area (Å²) in [4.78, 5) is 0.352. The van der Waals surface area contributed by atoms with E-state index in [-0.39, 0.29) is 6.04 Å². The van der Waals surface area contributed by atoms with Gasteiger partial charge in [0.2, 0.25) is 10.0 Å². The van der Waals surface area contributed by atoms with Gasteiger partial charge in [-0.1, -0.05) is 13.3 Å². The van der Waals surface area contributed by atoms with Crippen molar-refractivity contribution < 1.29 is 8.42 Å². The molecule has 2 N–H and O–H groups in total. The largest absolute Gasteiger partial charge is 0.315 e. The molecule has 120 valence electrons. The maximum Gasteiger partial charge on any atom is 0.247 e. The first kappa shape index (κ1) is 16.5. The fraction of sp³-hybridized carbons (Fsp3) is 0.786. The number of aromatic nitrogens is 2. The van der Waals surface area contributed by atoms with Crippen molar-refractivity contribution in [1.82, 2.24) is 19.8 Å². The Morgan fingerprint density at radius 3 is 2.76 bits per heavy atom. The maximum atomic E-state index is 13.0. The third-order valence-corrected chi connectivity index (χ3v) is 6.22. The quantitative estimate of drug-likeness (QED) is 0.781. The standard InChI is InChI=1S/C14H26N4O2S/c1-4-8-15-10-13-7-5-6-9-18(13)21(19,20)14-11(2)16-17-12(14)3/h13,15H,4-10H2,1-3H3,(H,16,17). The number of aryl methyl sites for hydroxylation is 2. The van der Waals surface area contributed by atoms with Crippen molar-refractivity contribution in [2.75, 3.05) is 19.6 Å². The zero-order chi connectivity index (χ0) is 15.5. The van der Waals surface area contributed by atoms with Crippen LogP contribution in [0.25, 0.3) is 0 Å². The van der Waals surface area contributed by atoms with Crippen molar-refractivity contribution >= 4 is 10.0 Å². The average Bonchev–Trinajstić information content (AvgIpc) is 2.79. The van der Waals surface area contributed by atoms with Gasteiger partial charge in [0.05, 0.1) is 11.4 Å². The summed E-state index contributed by atoms with van der Waals surface area (Å²) in [5.41, 5.74) is 1.18. The van der Waals surface area contributed by atoms with E-state index in [2.05, 4.69) is 22.4 Å². The molecule has 21 heavy (non-hydrogen) atoms. The van der Waals surface area contributed by atoms with Crippen LogP contribution >= 0.6 is 0 Å². The lowest BCUT2D eigenvalue weighted by Crippen LogP contribution is -2.48. The van der Waals surface area contributed by atoms with E-state index in [0.29, 0.717) is 22.8 Å². The fourth-order valence-corrected chi connectivity index (χ4v) is 5.01. The highest BCUT2D eigenvalue weighted by molar-refractivity contribution is 7.89. The van der Waals surface area contributed by atoms with E-state index in [0.717, 1.165) is 38.8 Å². The molecule has 2 heterocycles. The summed E-state index contributed by atoms with van der Waals surface area (Å²) < 4.78 is 27.6. The van der Waals surface area contributed by atoms with Crippen LogP contribution in [0.4, 0.5) is 0 Å². The Hall–Kier alpha value is -0.920. The van der Waals surface area contributed by atoms with E-state index in [4.69, 9.17) is 0 Å². The number of aromatic amines is 1. The lowest BCUT2D eigenvalue weighted by molar-refractivity contribution is 0.245. The summed E-state index contributed by atoms with van der Waals surface area (Å²) in [6.45, 7) is 7.87. The minimum atomic E-state index is -3.47. The third-order valence-electron chi connectivity index (χ3n) is 4.01. The van der Waals surface area contributed by atoms with Gasteiger partial charge < -0.3 is 5.32 Å². The minimum absolute atomic E-state index is 0.0454. The van der Waals surface area contributed by atoms with Gasteiger partial charge in [-0.15, -0.1) is 0 Å². The predicted octanol–water partition coefficient (Wildman–Crippen LogP) is 1.57. The van der Waals surface area contributed by atoms with Crippen molar-refractivity contribution in [3.05, 3.63) is 11.4 Å². The van der Waals surface area contributed by atoms with E-state index >= 15 is 0 Å². The fourth-order valence-electron chi connectivity index (χ4n) is 2.98. The number of sulfonamides is 1. The Morgan fingerprint density at radius 2 is 2.14 bits per heavy atom. The van der Waals surface area contributed by atoms with E-state index in [1.165, 1.54) is 0 Å². The number of H-pyrrole nitrogens is 1. The molecule has 0 amide bonds. The van der Waals surface area contributed by atoms with Gasteiger partial charge in [-0.25, -0.2) is 8.42 Å².